The number of pyridine rings is 1. The largest absolute Gasteiger partial charge is 0.377 e. The van der Waals surface area contributed by atoms with Crippen molar-refractivity contribution in [3.8, 4) is 0 Å². The zero-order valence-corrected chi connectivity index (χ0v) is 20.6. The monoisotopic (exact) mass is 452 g/mol. The fourth-order valence-electron chi connectivity index (χ4n) is 4.77. The summed E-state index contributed by atoms with van der Waals surface area (Å²) in [5, 5.41) is 13.8. The second-order valence-corrected chi connectivity index (χ2v) is 10.6. The number of H-pyrrole nitrogens is 1. The molecule has 2 atom stereocenters. The molecule has 0 unspecified atom stereocenters. The summed E-state index contributed by atoms with van der Waals surface area (Å²) < 4.78 is 7.91. The molecule has 1 aliphatic heterocycles. The average Bonchev–Trinajstić information content (AvgIpc) is 3.40. The molecule has 0 spiro atoms. The van der Waals surface area contributed by atoms with Gasteiger partial charge in [-0.3, -0.25) is 9.69 Å². The predicted molar refractivity (Wildman–Crippen MR) is 129 cm³/mol. The van der Waals surface area contributed by atoms with Crippen molar-refractivity contribution in [2.45, 2.75) is 78.6 Å². The van der Waals surface area contributed by atoms with Gasteiger partial charge in [0.15, 0.2) is 5.82 Å². The molecule has 0 bridgehead atoms. The molecule has 4 rings (SSSR count). The van der Waals surface area contributed by atoms with Gasteiger partial charge < -0.3 is 9.72 Å². The molecule has 0 saturated carbocycles. The van der Waals surface area contributed by atoms with E-state index in [9.17, 15) is 4.79 Å². The van der Waals surface area contributed by atoms with Crippen LogP contribution < -0.4 is 5.56 Å². The lowest BCUT2D eigenvalue weighted by molar-refractivity contribution is 0.0371. The molecule has 2 aromatic heterocycles. The van der Waals surface area contributed by atoms with Gasteiger partial charge >= 0.3 is 0 Å². The number of nitrogens with zero attached hydrogens (tertiary/aromatic N) is 5. The first-order valence-electron chi connectivity index (χ1n) is 11.9. The normalized spacial score (nSPS) is 18.0. The lowest BCUT2D eigenvalue weighted by Crippen LogP contribution is -2.41. The number of hydrogen-bond donors (Lipinski definition) is 1. The summed E-state index contributed by atoms with van der Waals surface area (Å²) in [7, 11) is 0. The maximum Gasteiger partial charge on any atom is 0.252 e. The lowest BCUT2D eigenvalue weighted by Gasteiger charge is -2.36. The van der Waals surface area contributed by atoms with Gasteiger partial charge in [0.25, 0.3) is 5.56 Å². The van der Waals surface area contributed by atoms with Gasteiger partial charge in [-0.15, -0.1) is 5.10 Å². The molecule has 8 nitrogen and oxygen atoms in total. The van der Waals surface area contributed by atoms with E-state index < -0.39 is 0 Å². The standard InChI is InChI=1S/C25H36N6O2/c1-16(2)22(23-27-28-29-31(23)25(4,5)6)30(15-20-8-7-11-33-20)14-19-13-18-12-17(3)9-10-21(18)26-24(19)32/h9-10,12-13,16,20,22H,7-8,11,14-15H2,1-6H3,(H,26,32)/t20-,22+/m1/s1. The first-order valence-corrected chi connectivity index (χ1v) is 11.9. The van der Waals surface area contributed by atoms with Crippen LogP contribution in [-0.4, -0.2) is 49.3 Å². The number of hydrogen-bond acceptors (Lipinski definition) is 6. The van der Waals surface area contributed by atoms with Crippen molar-refractivity contribution < 1.29 is 4.74 Å². The minimum absolute atomic E-state index is 0.0541. The zero-order chi connectivity index (χ0) is 23.8. The van der Waals surface area contributed by atoms with E-state index in [-0.39, 0.29) is 29.2 Å². The number of aromatic amines is 1. The van der Waals surface area contributed by atoms with Crippen LogP contribution in [0, 0.1) is 12.8 Å². The molecular formula is C25H36N6O2. The number of tetrazole rings is 1. The molecule has 1 aromatic carbocycles. The Kier molecular flexibility index (Phi) is 6.68. The van der Waals surface area contributed by atoms with E-state index in [4.69, 9.17) is 4.74 Å². The van der Waals surface area contributed by atoms with E-state index >= 15 is 0 Å². The minimum Gasteiger partial charge on any atom is -0.377 e. The van der Waals surface area contributed by atoms with E-state index in [1.807, 2.05) is 22.9 Å². The third kappa shape index (κ3) is 5.17. The molecule has 0 aliphatic carbocycles. The molecule has 3 heterocycles. The number of fused-ring (bicyclic) bond motifs is 1. The summed E-state index contributed by atoms with van der Waals surface area (Å²) in [6, 6.07) is 8.06. The molecule has 8 heteroatoms. The Morgan fingerprint density at radius 2 is 2.06 bits per heavy atom. The third-order valence-corrected chi connectivity index (χ3v) is 6.33. The molecule has 1 saturated heterocycles. The highest BCUT2D eigenvalue weighted by atomic mass is 16.5. The average molecular weight is 453 g/mol. The van der Waals surface area contributed by atoms with E-state index in [1.165, 1.54) is 5.56 Å². The molecule has 1 N–H and O–H groups in total. The van der Waals surface area contributed by atoms with Crippen LogP contribution in [0.2, 0.25) is 0 Å². The highest BCUT2D eigenvalue weighted by Gasteiger charge is 2.34. The summed E-state index contributed by atoms with van der Waals surface area (Å²) in [6.07, 6.45) is 2.24. The van der Waals surface area contributed by atoms with Gasteiger partial charge in [-0.25, -0.2) is 4.68 Å². The van der Waals surface area contributed by atoms with Crippen LogP contribution in [0.15, 0.2) is 29.1 Å². The fraction of sp³-hybridized carbons (Fsp3) is 0.600. The Bertz CT molecular complexity index is 1150. The summed E-state index contributed by atoms with van der Waals surface area (Å²) in [6.45, 7) is 14.8. The second-order valence-electron chi connectivity index (χ2n) is 10.6. The highest BCUT2D eigenvalue weighted by Crippen LogP contribution is 2.32. The molecule has 0 amide bonds. The van der Waals surface area contributed by atoms with Gasteiger partial charge in [0.2, 0.25) is 0 Å². The third-order valence-electron chi connectivity index (χ3n) is 6.33. The van der Waals surface area contributed by atoms with Crippen molar-refractivity contribution in [2.24, 2.45) is 5.92 Å². The van der Waals surface area contributed by atoms with Gasteiger partial charge in [-0.2, -0.15) is 0 Å². The van der Waals surface area contributed by atoms with Crippen molar-refractivity contribution >= 4 is 10.9 Å². The molecule has 0 radical (unpaired) electrons. The first kappa shape index (κ1) is 23.6. The molecule has 178 valence electrons. The Hall–Kier alpha value is -2.58. The van der Waals surface area contributed by atoms with Gasteiger partial charge in [0.1, 0.15) is 0 Å². The van der Waals surface area contributed by atoms with E-state index in [1.54, 1.807) is 0 Å². The minimum atomic E-state index is -0.251. The van der Waals surface area contributed by atoms with Crippen LogP contribution in [0.1, 0.15) is 70.5 Å². The molecule has 1 aliphatic rings. The Morgan fingerprint density at radius 3 is 2.73 bits per heavy atom. The second kappa shape index (κ2) is 9.35. The summed E-state index contributed by atoms with van der Waals surface area (Å²) in [4.78, 5) is 18.4. The number of aromatic nitrogens is 5. The van der Waals surface area contributed by atoms with Gasteiger partial charge in [-0.1, -0.05) is 25.5 Å². The van der Waals surface area contributed by atoms with Gasteiger partial charge in [-0.05, 0) is 80.5 Å². The summed E-state index contributed by atoms with van der Waals surface area (Å²) in [5.41, 5.74) is 2.46. The Labute approximate surface area is 195 Å². The molecule has 3 aromatic rings. The Balaban J connectivity index is 1.76. The summed E-state index contributed by atoms with van der Waals surface area (Å²) in [5.74, 6) is 1.06. The number of benzene rings is 1. The van der Waals surface area contributed by atoms with Crippen LogP contribution >= 0.6 is 0 Å². The molecule has 1 fully saturated rings. The molecular weight excluding hydrogens is 416 g/mol. The molecule has 33 heavy (non-hydrogen) atoms. The van der Waals surface area contributed by atoms with Crippen molar-refractivity contribution in [3.63, 3.8) is 0 Å². The number of aryl methyl sites for hydroxylation is 1. The van der Waals surface area contributed by atoms with Gasteiger partial charge in [0.05, 0.1) is 17.7 Å². The fourth-order valence-corrected chi connectivity index (χ4v) is 4.77. The number of nitrogens with one attached hydrogen (secondary N) is 1. The van der Waals surface area contributed by atoms with E-state index in [0.29, 0.717) is 6.54 Å². The highest BCUT2D eigenvalue weighted by molar-refractivity contribution is 5.79. The van der Waals surface area contributed by atoms with E-state index in [2.05, 4.69) is 73.0 Å². The Morgan fingerprint density at radius 1 is 1.27 bits per heavy atom. The maximum atomic E-state index is 13.0. The topological polar surface area (TPSA) is 88.9 Å². The predicted octanol–water partition coefficient (Wildman–Crippen LogP) is 3.96. The zero-order valence-electron chi connectivity index (χ0n) is 20.6. The van der Waals surface area contributed by atoms with Crippen LogP contribution in [0.25, 0.3) is 10.9 Å². The SMILES string of the molecule is Cc1ccc2[nH]c(=O)c(CN(C[C@H]3CCCO3)[C@H](c3nnnn3C(C)(C)C)C(C)C)cc2c1. The van der Waals surface area contributed by atoms with Crippen LogP contribution in [0.5, 0.6) is 0 Å². The van der Waals surface area contributed by atoms with Crippen LogP contribution in [-0.2, 0) is 16.8 Å². The maximum absolute atomic E-state index is 13.0. The quantitative estimate of drug-likeness (QED) is 0.584. The van der Waals surface area contributed by atoms with Crippen molar-refractivity contribution in [1.82, 2.24) is 30.1 Å². The lowest BCUT2D eigenvalue weighted by atomic mass is 9.98. The van der Waals surface area contributed by atoms with Crippen molar-refractivity contribution in [3.05, 3.63) is 51.6 Å². The number of rotatable bonds is 7. The summed E-state index contributed by atoms with van der Waals surface area (Å²) >= 11 is 0. The smallest absolute Gasteiger partial charge is 0.252 e. The van der Waals surface area contributed by atoms with Crippen molar-refractivity contribution in [2.75, 3.05) is 13.2 Å². The van der Waals surface area contributed by atoms with E-state index in [0.717, 1.165) is 48.3 Å². The first-order chi connectivity index (χ1) is 15.6. The van der Waals surface area contributed by atoms with Crippen LogP contribution in [0.4, 0.5) is 0 Å². The van der Waals surface area contributed by atoms with Gasteiger partial charge in [0, 0.05) is 30.8 Å². The number of ether oxygens (including phenoxy) is 1. The van der Waals surface area contributed by atoms with Crippen molar-refractivity contribution in [1.29, 1.82) is 0 Å². The van der Waals surface area contributed by atoms with Crippen LogP contribution in [0.3, 0.4) is 0 Å².